The van der Waals surface area contributed by atoms with E-state index in [2.05, 4.69) is 5.32 Å². The Labute approximate surface area is 190 Å². The number of ether oxygens (including phenoxy) is 2. The molecule has 0 unspecified atom stereocenters. The topological polar surface area (TPSA) is 30.5 Å². The van der Waals surface area contributed by atoms with Crippen LogP contribution in [0.3, 0.4) is 0 Å². The molecule has 0 amide bonds. The minimum atomic E-state index is 0.247. The summed E-state index contributed by atoms with van der Waals surface area (Å²) in [6.07, 6.45) is 0. The van der Waals surface area contributed by atoms with Crippen molar-refractivity contribution in [3.05, 3.63) is 85.8 Å². The van der Waals surface area contributed by atoms with Crippen molar-refractivity contribution in [1.29, 1.82) is 0 Å². The Hall–Kier alpha value is -1.78. The fraction of sp³-hybridized carbons (Fsp3) is 0.182. The lowest BCUT2D eigenvalue weighted by molar-refractivity contribution is 0.269. The summed E-state index contributed by atoms with van der Waals surface area (Å²) in [6, 6.07) is 16.5. The Morgan fingerprint density at radius 3 is 2.24 bits per heavy atom. The highest BCUT2D eigenvalue weighted by Crippen LogP contribution is 2.32. The van der Waals surface area contributed by atoms with Crippen molar-refractivity contribution in [2.45, 2.75) is 20.1 Å². The third-order valence-electron chi connectivity index (χ3n) is 4.16. The number of anilines is 1. The van der Waals surface area contributed by atoms with Gasteiger partial charge in [-0.05, 0) is 55.0 Å². The van der Waals surface area contributed by atoms with Crippen LogP contribution in [0, 0.1) is 0 Å². The molecule has 0 radical (unpaired) electrons. The van der Waals surface area contributed by atoms with Gasteiger partial charge in [-0.25, -0.2) is 0 Å². The van der Waals surface area contributed by atoms with E-state index < -0.39 is 0 Å². The van der Waals surface area contributed by atoms with Gasteiger partial charge in [0.15, 0.2) is 11.5 Å². The van der Waals surface area contributed by atoms with Gasteiger partial charge in [0.25, 0.3) is 0 Å². The van der Waals surface area contributed by atoms with Crippen molar-refractivity contribution in [2.24, 2.45) is 0 Å². The molecule has 7 heteroatoms. The van der Waals surface area contributed by atoms with Gasteiger partial charge in [-0.2, -0.15) is 0 Å². The first-order chi connectivity index (χ1) is 14.0. The van der Waals surface area contributed by atoms with E-state index in [1.807, 2.05) is 31.2 Å². The summed E-state index contributed by atoms with van der Waals surface area (Å²) in [5.41, 5.74) is 2.56. The van der Waals surface area contributed by atoms with Crippen LogP contribution in [0.5, 0.6) is 11.5 Å². The fourth-order valence-electron chi connectivity index (χ4n) is 2.70. The molecule has 0 aliphatic rings. The second kappa shape index (κ2) is 10.3. The normalized spacial score (nSPS) is 10.7. The van der Waals surface area contributed by atoms with Gasteiger partial charge in [0.1, 0.15) is 6.61 Å². The maximum absolute atomic E-state index is 6.22. The second-order valence-electron chi connectivity index (χ2n) is 6.18. The summed E-state index contributed by atoms with van der Waals surface area (Å²) < 4.78 is 11.7. The van der Waals surface area contributed by atoms with Gasteiger partial charge >= 0.3 is 0 Å². The summed E-state index contributed by atoms with van der Waals surface area (Å²) in [7, 11) is 0. The molecule has 0 bridgehead atoms. The van der Waals surface area contributed by atoms with Crippen LogP contribution in [-0.2, 0) is 13.2 Å². The molecule has 0 spiro atoms. The van der Waals surface area contributed by atoms with E-state index in [4.69, 9.17) is 55.9 Å². The Kier molecular flexibility index (Phi) is 7.79. The molecule has 0 atom stereocenters. The first-order valence-electron chi connectivity index (χ1n) is 8.98. The number of rotatable bonds is 8. The number of nitrogens with one attached hydrogen (secondary N) is 1. The van der Waals surface area contributed by atoms with Crippen LogP contribution in [0.25, 0.3) is 0 Å². The lowest BCUT2D eigenvalue weighted by Crippen LogP contribution is -2.04. The van der Waals surface area contributed by atoms with Crippen molar-refractivity contribution in [1.82, 2.24) is 0 Å². The molecule has 0 saturated heterocycles. The number of benzene rings is 3. The summed E-state index contributed by atoms with van der Waals surface area (Å²) in [6.45, 7) is 3.25. The SMILES string of the molecule is CCOc1cc(CNc2ccc(Cl)cc2Cl)ccc1OCc1c(Cl)cccc1Cl. The molecule has 0 fully saturated rings. The van der Waals surface area contributed by atoms with E-state index in [9.17, 15) is 0 Å². The van der Waals surface area contributed by atoms with Crippen LogP contribution in [0.1, 0.15) is 18.1 Å². The van der Waals surface area contributed by atoms with E-state index in [0.29, 0.717) is 44.7 Å². The molecule has 152 valence electrons. The van der Waals surface area contributed by atoms with E-state index in [1.165, 1.54) is 0 Å². The van der Waals surface area contributed by atoms with E-state index in [0.717, 1.165) is 16.8 Å². The predicted molar refractivity (Wildman–Crippen MR) is 122 cm³/mol. The maximum Gasteiger partial charge on any atom is 0.161 e. The lowest BCUT2D eigenvalue weighted by Gasteiger charge is -2.15. The molecule has 1 N–H and O–H groups in total. The molecule has 3 rings (SSSR count). The molecule has 0 saturated carbocycles. The molecule has 29 heavy (non-hydrogen) atoms. The van der Waals surface area contributed by atoms with Crippen molar-refractivity contribution in [3.8, 4) is 11.5 Å². The van der Waals surface area contributed by atoms with Crippen LogP contribution in [0.15, 0.2) is 54.6 Å². The molecular weight excluding hydrogens is 452 g/mol. The van der Waals surface area contributed by atoms with Crippen molar-refractivity contribution < 1.29 is 9.47 Å². The molecule has 3 nitrogen and oxygen atoms in total. The smallest absolute Gasteiger partial charge is 0.161 e. The monoisotopic (exact) mass is 469 g/mol. The molecule has 3 aromatic carbocycles. The zero-order valence-corrected chi connectivity index (χ0v) is 18.7. The second-order valence-corrected chi connectivity index (χ2v) is 7.84. The molecule has 0 aliphatic heterocycles. The third-order valence-corrected chi connectivity index (χ3v) is 5.41. The van der Waals surface area contributed by atoms with Gasteiger partial charge in [-0.1, -0.05) is 58.5 Å². The quantitative estimate of drug-likeness (QED) is 0.363. The van der Waals surface area contributed by atoms with Crippen molar-refractivity contribution >= 4 is 52.1 Å². The molecule has 0 aromatic heterocycles. The van der Waals surface area contributed by atoms with Gasteiger partial charge in [-0.3, -0.25) is 0 Å². The zero-order valence-electron chi connectivity index (χ0n) is 15.6. The minimum absolute atomic E-state index is 0.247. The Morgan fingerprint density at radius 1 is 0.793 bits per heavy atom. The van der Waals surface area contributed by atoms with Crippen LogP contribution in [0.4, 0.5) is 5.69 Å². The predicted octanol–water partition coefficient (Wildman–Crippen LogP) is 7.89. The molecular formula is C22H19Cl4NO2. The van der Waals surface area contributed by atoms with Gasteiger partial charge in [0.2, 0.25) is 0 Å². The summed E-state index contributed by atoms with van der Waals surface area (Å²) in [5, 5.41) is 5.59. The van der Waals surface area contributed by atoms with Crippen LogP contribution in [0.2, 0.25) is 20.1 Å². The van der Waals surface area contributed by atoms with Crippen LogP contribution < -0.4 is 14.8 Å². The molecule has 0 aliphatic carbocycles. The van der Waals surface area contributed by atoms with Crippen LogP contribution in [-0.4, -0.2) is 6.61 Å². The summed E-state index contributed by atoms with van der Waals surface area (Å²) >= 11 is 24.6. The summed E-state index contributed by atoms with van der Waals surface area (Å²) in [4.78, 5) is 0. The number of halogens is 4. The van der Waals surface area contributed by atoms with Gasteiger partial charge in [0.05, 0.1) is 17.3 Å². The standard InChI is InChI=1S/C22H19Cl4NO2/c1-2-28-22-10-14(12-27-20-8-7-15(23)11-19(20)26)6-9-21(22)29-13-16-17(24)4-3-5-18(16)25/h3-11,27H,2,12-13H2,1H3. The first-order valence-corrected chi connectivity index (χ1v) is 10.5. The van der Waals surface area contributed by atoms with Crippen molar-refractivity contribution in [2.75, 3.05) is 11.9 Å². The highest BCUT2D eigenvalue weighted by molar-refractivity contribution is 6.36. The van der Waals surface area contributed by atoms with E-state index in [-0.39, 0.29) is 6.61 Å². The number of hydrogen-bond donors (Lipinski definition) is 1. The average molecular weight is 471 g/mol. The lowest BCUT2D eigenvalue weighted by atomic mass is 10.2. The maximum atomic E-state index is 6.22. The highest BCUT2D eigenvalue weighted by atomic mass is 35.5. The van der Waals surface area contributed by atoms with E-state index >= 15 is 0 Å². The Balaban J connectivity index is 1.72. The zero-order chi connectivity index (χ0) is 20.8. The van der Waals surface area contributed by atoms with Crippen molar-refractivity contribution in [3.63, 3.8) is 0 Å². The first kappa shape index (κ1) is 21.9. The van der Waals surface area contributed by atoms with E-state index in [1.54, 1.807) is 30.3 Å². The van der Waals surface area contributed by atoms with Gasteiger partial charge in [0, 0.05) is 27.2 Å². The average Bonchev–Trinajstić information content (AvgIpc) is 2.68. The fourth-order valence-corrected chi connectivity index (χ4v) is 3.68. The Morgan fingerprint density at radius 2 is 1.55 bits per heavy atom. The minimum Gasteiger partial charge on any atom is -0.490 e. The summed E-state index contributed by atoms with van der Waals surface area (Å²) in [5.74, 6) is 1.27. The Bertz CT molecular complexity index is 974. The van der Waals surface area contributed by atoms with Gasteiger partial charge in [-0.15, -0.1) is 0 Å². The molecule has 3 aromatic rings. The highest BCUT2D eigenvalue weighted by Gasteiger charge is 2.11. The largest absolute Gasteiger partial charge is 0.490 e. The van der Waals surface area contributed by atoms with Crippen LogP contribution >= 0.6 is 46.4 Å². The van der Waals surface area contributed by atoms with Gasteiger partial charge < -0.3 is 14.8 Å². The third kappa shape index (κ3) is 5.86. The number of hydrogen-bond acceptors (Lipinski definition) is 3. The molecule has 0 heterocycles.